The molecule has 14 heavy (non-hydrogen) atoms. The minimum absolute atomic E-state index is 0.244. The Bertz CT molecular complexity index is 320. The van der Waals surface area contributed by atoms with Crippen molar-refractivity contribution >= 4 is 5.97 Å². The molecule has 78 valence electrons. The first-order valence-electron chi connectivity index (χ1n) is 4.56. The molecular weight excluding hydrogens is 184 g/mol. The number of aromatic nitrogens is 2. The second-order valence-electron chi connectivity index (χ2n) is 3.70. The molecule has 1 rings (SSSR count). The Hall–Kier alpha value is -1.39. The maximum absolute atomic E-state index is 10.6. The van der Waals surface area contributed by atoms with Crippen LogP contribution in [0.3, 0.4) is 0 Å². The van der Waals surface area contributed by atoms with Crippen molar-refractivity contribution in [3.63, 3.8) is 0 Å². The molecule has 0 fully saturated rings. The monoisotopic (exact) mass is 198 g/mol. The Morgan fingerprint density at radius 3 is 2.64 bits per heavy atom. The number of nitrogens with zero attached hydrogens (tertiary/aromatic N) is 2. The molecule has 1 unspecified atom stereocenters. The summed E-state index contributed by atoms with van der Waals surface area (Å²) in [6, 6.07) is 0. The molecule has 0 amide bonds. The van der Waals surface area contributed by atoms with Crippen LogP contribution in [0.2, 0.25) is 0 Å². The number of aliphatic carboxylic acids is 1. The summed E-state index contributed by atoms with van der Waals surface area (Å²) < 4.78 is 4.92. The minimum atomic E-state index is -0.943. The zero-order valence-corrected chi connectivity index (χ0v) is 8.52. The minimum Gasteiger partial charge on any atom is -0.481 e. The second kappa shape index (κ2) is 4.21. The molecule has 0 aromatic carbocycles. The molecule has 0 spiro atoms. The molecule has 1 aromatic heterocycles. The number of carboxylic acid groups (broad SMARTS) is 1. The summed E-state index contributed by atoms with van der Waals surface area (Å²) >= 11 is 0. The van der Waals surface area contributed by atoms with Crippen molar-refractivity contribution in [1.29, 1.82) is 0 Å². The summed E-state index contributed by atoms with van der Waals surface area (Å²) in [5, 5.41) is 12.3. The van der Waals surface area contributed by atoms with E-state index in [1.165, 1.54) is 6.92 Å². The molecule has 0 aliphatic rings. The number of rotatable bonds is 4. The highest BCUT2D eigenvalue weighted by atomic mass is 16.5. The van der Waals surface area contributed by atoms with E-state index in [0.29, 0.717) is 18.2 Å². The van der Waals surface area contributed by atoms with E-state index in [1.807, 2.05) is 13.8 Å². The molecule has 0 aliphatic heterocycles. The van der Waals surface area contributed by atoms with Crippen molar-refractivity contribution in [2.45, 2.75) is 33.1 Å². The smallest absolute Gasteiger partial charge is 0.314 e. The third-order valence-corrected chi connectivity index (χ3v) is 1.82. The van der Waals surface area contributed by atoms with E-state index in [9.17, 15) is 4.79 Å². The fourth-order valence-electron chi connectivity index (χ4n) is 0.987. The van der Waals surface area contributed by atoms with E-state index in [0.717, 1.165) is 0 Å². The normalized spacial score (nSPS) is 13.1. The summed E-state index contributed by atoms with van der Waals surface area (Å²) in [5.74, 6) is -0.485. The van der Waals surface area contributed by atoms with Crippen LogP contribution in [0.4, 0.5) is 0 Å². The van der Waals surface area contributed by atoms with Gasteiger partial charge in [-0.1, -0.05) is 19.0 Å². The second-order valence-corrected chi connectivity index (χ2v) is 3.70. The van der Waals surface area contributed by atoms with Crippen LogP contribution in [0.5, 0.6) is 0 Å². The predicted octanol–water partition coefficient (Wildman–Crippen LogP) is 1.46. The summed E-state index contributed by atoms with van der Waals surface area (Å²) in [6.45, 7) is 5.60. The Labute approximate surface area is 82.1 Å². The van der Waals surface area contributed by atoms with Crippen LogP contribution in [-0.2, 0) is 11.2 Å². The molecule has 0 saturated heterocycles. The van der Waals surface area contributed by atoms with Gasteiger partial charge in [0.1, 0.15) is 5.92 Å². The highest BCUT2D eigenvalue weighted by molar-refractivity contribution is 5.74. The summed E-state index contributed by atoms with van der Waals surface area (Å²) in [5.41, 5.74) is 0. The summed E-state index contributed by atoms with van der Waals surface area (Å²) in [4.78, 5) is 14.6. The van der Waals surface area contributed by atoms with Crippen molar-refractivity contribution < 1.29 is 14.4 Å². The van der Waals surface area contributed by atoms with Gasteiger partial charge in [0.25, 0.3) is 0 Å². The first kappa shape index (κ1) is 10.7. The van der Waals surface area contributed by atoms with Crippen molar-refractivity contribution in [1.82, 2.24) is 10.1 Å². The molecule has 0 aliphatic carbocycles. The quantitative estimate of drug-likeness (QED) is 0.792. The lowest BCUT2D eigenvalue weighted by atomic mass is 10.1. The highest BCUT2D eigenvalue weighted by Crippen LogP contribution is 2.13. The van der Waals surface area contributed by atoms with Crippen LogP contribution >= 0.6 is 0 Å². The fourth-order valence-corrected chi connectivity index (χ4v) is 0.987. The molecule has 1 heterocycles. The van der Waals surface area contributed by atoms with Crippen molar-refractivity contribution in [2.75, 3.05) is 0 Å². The van der Waals surface area contributed by atoms with Gasteiger partial charge in [0.05, 0.1) is 0 Å². The average molecular weight is 198 g/mol. The Morgan fingerprint density at radius 1 is 1.50 bits per heavy atom. The first-order chi connectivity index (χ1) is 6.50. The third-order valence-electron chi connectivity index (χ3n) is 1.82. The van der Waals surface area contributed by atoms with Crippen LogP contribution in [0, 0.1) is 5.92 Å². The van der Waals surface area contributed by atoms with Crippen LogP contribution < -0.4 is 0 Å². The van der Waals surface area contributed by atoms with E-state index < -0.39 is 11.9 Å². The molecule has 1 aromatic rings. The molecule has 0 radical (unpaired) electrons. The lowest BCUT2D eigenvalue weighted by molar-refractivity contribution is -0.138. The van der Waals surface area contributed by atoms with Crippen molar-refractivity contribution in [3.8, 4) is 0 Å². The van der Waals surface area contributed by atoms with Gasteiger partial charge in [-0.05, 0) is 12.8 Å². The first-order valence-corrected chi connectivity index (χ1v) is 4.56. The van der Waals surface area contributed by atoms with Crippen LogP contribution in [0.15, 0.2) is 4.52 Å². The van der Waals surface area contributed by atoms with E-state index in [1.54, 1.807) is 0 Å². The lowest BCUT2D eigenvalue weighted by Gasteiger charge is -1.97. The van der Waals surface area contributed by atoms with Crippen LogP contribution in [-0.4, -0.2) is 21.2 Å². The van der Waals surface area contributed by atoms with Gasteiger partial charge >= 0.3 is 5.97 Å². The van der Waals surface area contributed by atoms with Gasteiger partial charge in [0.15, 0.2) is 5.82 Å². The van der Waals surface area contributed by atoms with Gasteiger partial charge in [-0.25, -0.2) is 0 Å². The van der Waals surface area contributed by atoms with Crippen molar-refractivity contribution in [2.24, 2.45) is 5.92 Å². The van der Waals surface area contributed by atoms with Gasteiger partial charge in [-0.3, -0.25) is 4.79 Å². The van der Waals surface area contributed by atoms with E-state index >= 15 is 0 Å². The average Bonchev–Trinajstić information content (AvgIpc) is 2.50. The fraction of sp³-hybridized carbons (Fsp3) is 0.667. The Morgan fingerprint density at radius 2 is 2.14 bits per heavy atom. The SMILES string of the molecule is CC(C)Cc1nc(C(C)C(=O)O)no1. The van der Waals surface area contributed by atoms with Crippen LogP contribution in [0.1, 0.15) is 38.4 Å². The molecule has 5 heteroatoms. The van der Waals surface area contributed by atoms with Gasteiger partial charge in [0.2, 0.25) is 5.89 Å². The van der Waals surface area contributed by atoms with Gasteiger partial charge in [0, 0.05) is 6.42 Å². The van der Waals surface area contributed by atoms with E-state index in [2.05, 4.69) is 10.1 Å². The maximum atomic E-state index is 10.6. The zero-order chi connectivity index (χ0) is 10.7. The Kier molecular flexibility index (Phi) is 3.22. The molecule has 1 atom stereocenters. The lowest BCUT2D eigenvalue weighted by Crippen LogP contribution is -2.09. The van der Waals surface area contributed by atoms with E-state index in [-0.39, 0.29) is 5.82 Å². The zero-order valence-electron chi connectivity index (χ0n) is 8.52. The van der Waals surface area contributed by atoms with Crippen molar-refractivity contribution in [3.05, 3.63) is 11.7 Å². The molecule has 5 nitrogen and oxygen atoms in total. The van der Waals surface area contributed by atoms with Gasteiger partial charge < -0.3 is 9.63 Å². The van der Waals surface area contributed by atoms with Gasteiger partial charge in [-0.2, -0.15) is 4.98 Å². The molecule has 1 N–H and O–H groups in total. The summed E-state index contributed by atoms with van der Waals surface area (Å²) in [7, 11) is 0. The molecular formula is C9H14N2O3. The molecule has 0 saturated carbocycles. The maximum Gasteiger partial charge on any atom is 0.314 e. The largest absolute Gasteiger partial charge is 0.481 e. The third kappa shape index (κ3) is 2.55. The summed E-state index contributed by atoms with van der Waals surface area (Å²) in [6.07, 6.45) is 0.680. The Balaban J connectivity index is 2.72. The highest BCUT2D eigenvalue weighted by Gasteiger charge is 2.20. The molecule has 0 bridgehead atoms. The number of hydrogen-bond acceptors (Lipinski definition) is 4. The van der Waals surface area contributed by atoms with Gasteiger partial charge in [-0.15, -0.1) is 0 Å². The number of carbonyl (C=O) groups is 1. The van der Waals surface area contributed by atoms with Crippen LogP contribution in [0.25, 0.3) is 0 Å². The van der Waals surface area contributed by atoms with E-state index in [4.69, 9.17) is 9.63 Å². The topological polar surface area (TPSA) is 76.2 Å². The predicted molar refractivity (Wildman–Crippen MR) is 48.9 cm³/mol. The number of hydrogen-bond donors (Lipinski definition) is 1. The number of carboxylic acids is 1. The standard InChI is InChI=1S/C9H14N2O3/c1-5(2)4-7-10-8(11-14-7)6(3)9(12)13/h5-6H,4H2,1-3H3,(H,12,13).